The molecule has 0 aliphatic carbocycles. The van der Waals surface area contributed by atoms with Crippen LogP contribution >= 0.6 is 0 Å². The molecule has 1 nitrogen and oxygen atoms in total. The predicted molar refractivity (Wildman–Crippen MR) is 60.8 cm³/mol. The number of alkyl halides is 3. The van der Waals surface area contributed by atoms with Gasteiger partial charge in [-0.05, 0) is 29.7 Å². The van der Waals surface area contributed by atoms with Gasteiger partial charge in [-0.2, -0.15) is 13.2 Å². The van der Waals surface area contributed by atoms with Crippen molar-refractivity contribution in [1.82, 2.24) is 4.98 Å². The van der Waals surface area contributed by atoms with Crippen LogP contribution in [0.15, 0.2) is 30.5 Å². The van der Waals surface area contributed by atoms with E-state index in [1.165, 1.54) is 6.07 Å². The van der Waals surface area contributed by atoms with Gasteiger partial charge in [0.1, 0.15) is 0 Å². The summed E-state index contributed by atoms with van der Waals surface area (Å²) in [4.78, 5) is 4.00. The van der Waals surface area contributed by atoms with E-state index in [4.69, 9.17) is 0 Å². The van der Waals surface area contributed by atoms with Crippen LogP contribution in [0.2, 0.25) is 0 Å². The summed E-state index contributed by atoms with van der Waals surface area (Å²) in [6.45, 7) is 4.01. The molecule has 0 radical (unpaired) electrons. The van der Waals surface area contributed by atoms with Gasteiger partial charge in [0.25, 0.3) is 0 Å². The van der Waals surface area contributed by atoms with E-state index in [0.717, 1.165) is 23.1 Å². The number of fused-ring (bicyclic) bond motifs is 1. The van der Waals surface area contributed by atoms with Gasteiger partial charge in [-0.25, -0.2) is 0 Å². The Morgan fingerprint density at radius 1 is 1.12 bits per heavy atom. The van der Waals surface area contributed by atoms with Gasteiger partial charge >= 0.3 is 6.18 Å². The molecule has 0 saturated carbocycles. The summed E-state index contributed by atoms with van der Waals surface area (Å²) in [6, 6.07) is 5.55. The maximum atomic E-state index is 12.5. The number of benzene rings is 1. The topological polar surface area (TPSA) is 12.9 Å². The van der Waals surface area contributed by atoms with E-state index < -0.39 is 11.7 Å². The van der Waals surface area contributed by atoms with Crippen molar-refractivity contribution in [3.8, 4) is 0 Å². The highest BCUT2D eigenvalue weighted by Crippen LogP contribution is 2.32. The maximum Gasteiger partial charge on any atom is 0.416 e. The molecule has 1 aromatic carbocycles. The van der Waals surface area contributed by atoms with Crippen molar-refractivity contribution in [1.29, 1.82) is 0 Å². The quantitative estimate of drug-likeness (QED) is 0.719. The second kappa shape index (κ2) is 4.02. The highest BCUT2D eigenvalue weighted by Gasteiger charge is 2.30. The number of nitrogens with zero attached hydrogens (tertiary/aromatic N) is 1. The number of hydrogen-bond donors (Lipinski definition) is 0. The first-order valence-corrected chi connectivity index (χ1v) is 5.35. The predicted octanol–water partition coefficient (Wildman–Crippen LogP) is 4.38. The van der Waals surface area contributed by atoms with Crippen LogP contribution in [0.3, 0.4) is 0 Å². The summed E-state index contributed by atoms with van der Waals surface area (Å²) in [7, 11) is 0. The SMILES string of the molecule is CC(C)c1ccnc2cc(C(F)(F)F)ccc12. The van der Waals surface area contributed by atoms with Gasteiger partial charge in [0.2, 0.25) is 0 Å². The third-order valence-electron chi connectivity index (χ3n) is 2.73. The molecule has 0 unspecified atom stereocenters. The molecule has 0 aliphatic heterocycles. The molecule has 0 fully saturated rings. The molecule has 0 spiro atoms. The molecule has 2 rings (SSSR count). The Labute approximate surface area is 97.3 Å². The molecule has 0 atom stereocenters. The lowest BCUT2D eigenvalue weighted by Gasteiger charge is -2.11. The Balaban J connectivity index is 2.65. The van der Waals surface area contributed by atoms with Gasteiger partial charge in [-0.1, -0.05) is 19.9 Å². The Hall–Kier alpha value is -1.58. The van der Waals surface area contributed by atoms with Crippen LogP contribution in [0, 0.1) is 0 Å². The number of rotatable bonds is 1. The second-order valence-corrected chi connectivity index (χ2v) is 4.28. The Kier molecular flexibility index (Phi) is 2.81. The van der Waals surface area contributed by atoms with Crippen LogP contribution in [0.25, 0.3) is 10.9 Å². The molecule has 0 saturated heterocycles. The van der Waals surface area contributed by atoms with Crippen molar-refractivity contribution in [3.63, 3.8) is 0 Å². The van der Waals surface area contributed by atoms with Crippen molar-refractivity contribution < 1.29 is 13.2 Å². The first-order chi connectivity index (χ1) is 7.89. The minimum Gasteiger partial charge on any atom is -0.256 e. The highest BCUT2D eigenvalue weighted by molar-refractivity contribution is 5.83. The van der Waals surface area contributed by atoms with E-state index >= 15 is 0 Å². The Morgan fingerprint density at radius 3 is 2.41 bits per heavy atom. The monoisotopic (exact) mass is 239 g/mol. The lowest BCUT2D eigenvalue weighted by molar-refractivity contribution is -0.137. The zero-order valence-corrected chi connectivity index (χ0v) is 9.55. The minimum absolute atomic E-state index is 0.261. The summed E-state index contributed by atoms with van der Waals surface area (Å²) in [5.41, 5.74) is 0.758. The largest absolute Gasteiger partial charge is 0.416 e. The number of aromatic nitrogens is 1. The van der Waals surface area contributed by atoms with Crippen LogP contribution in [0.5, 0.6) is 0 Å². The minimum atomic E-state index is -4.32. The van der Waals surface area contributed by atoms with E-state index in [0.29, 0.717) is 5.52 Å². The van der Waals surface area contributed by atoms with Crippen molar-refractivity contribution >= 4 is 10.9 Å². The standard InChI is InChI=1S/C13H12F3N/c1-8(2)10-5-6-17-12-7-9(13(14,15)16)3-4-11(10)12/h3-8H,1-2H3. The fourth-order valence-corrected chi connectivity index (χ4v) is 1.85. The van der Waals surface area contributed by atoms with E-state index in [1.54, 1.807) is 6.20 Å². The van der Waals surface area contributed by atoms with E-state index in [-0.39, 0.29) is 5.92 Å². The molecular weight excluding hydrogens is 227 g/mol. The van der Waals surface area contributed by atoms with Gasteiger partial charge in [0.15, 0.2) is 0 Å². The normalized spacial score (nSPS) is 12.4. The van der Waals surface area contributed by atoms with Crippen LogP contribution in [0.4, 0.5) is 13.2 Å². The van der Waals surface area contributed by atoms with Crippen molar-refractivity contribution in [2.45, 2.75) is 25.9 Å². The zero-order chi connectivity index (χ0) is 12.6. The fraction of sp³-hybridized carbons (Fsp3) is 0.308. The number of pyridine rings is 1. The zero-order valence-electron chi connectivity index (χ0n) is 9.55. The lowest BCUT2D eigenvalue weighted by Crippen LogP contribution is -2.05. The first kappa shape index (κ1) is 11.9. The van der Waals surface area contributed by atoms with Crippen LogP contribution in [-0.4, -0.2) is 4.98 Å². The molecule has 0 N–H and O–H groups in total. The summed E-state index contributed by atoms with van der Waals surface area (Å²) < 4.78 is 37.6. The first-order valence-electron chi connectivity index (χ1n) is 5.35. The van der Waals surface area contributed by atoms with E-state index in [9.17, 15) is 13.2 Å². The van der Waals surface area contributed by atoms with Crippen molar-refractivity contribution in [2.24, 2.45) is 0 Å². The third-order valence-corrected chi connectivity index (χ3v) is 2.73. The van der Waals surface area contributed by atoms with Gasteiger partial charge in [0.05, 0.1) is 11.1 Å². The molecule has 0 amide bonds. The maximum absolute atomic E-state index is 12.5. The molecule has 0 aliphatic rings. The summed E-state index contributed by atoms with van der Waals surface area (Å²) in [5.74, 6) is 0.261. The highest BCUT2D eigenvalue weighted by atomic mass is 19.4. The average Bonchev–Trinajstić information content (AvgIpc) is 2.26. The molecule has 1 heterocycles. The number of halogens is 3. The van der Waals surface area contributed by atoms with Gasteiger partial charge < -0.3 is 0 Å². The van der Waals surface area contributed by atoms with Crippen LogP contribution in [-0.2, 0) is 6.18 Å². The molecule has 17 heavy (non-hydrogen) atoms. The summed E-state index contributed by atoms with van der Waals surface area (Å²) in [6.07, 6.45) is -2.76. The van der Waals surface area contributed by atoms with Crippen LogP contribution in [0.1, 0.15) is 30.9 Å². The molecule has 4 heteroatoms. The second-order valence-electron chi connectivity index (χ2n) is 4.28. The van der Waals surface area contributed by atoms with Gasteiger partial charge in [0, 0.05) is 11.6 Å². The lowest BCUT2D eigenvalue weighted by atomic mass is 9.98. The Morgan fingerprint density at radius 2 is 1.82 bits per heavy atom. The molecule has 90 valence electrons. The smallest absolute Gasteiger partial charge is 0.256 e. The van der Waals surface area contributed by atoms with Crippen LogP contribution < -0.4 is 0 Å². The van der Waals surface area contributed by atoms with E-state index in [2.05, 4.69) is 4.98 Å². The molecule has 0 bridgehead atoms. The fourth-order valence-electron chi connectivity index (χ4n) is 1.85. The summed E-state index contributed by atoms with van der Waals surface area (Å²) >= 11 is 0. The van der Waals surface area contributed by atoms with Crippen molar-refractivity contribution in [3.05, 3.63) is 41.6 Å². The van der Waals surface area contributed by atoms with Gasteiger partial charge in [-0.15, -0.1) is 0 Å². The molecule has 2 aromatic rings. The summed E-state index contributed by atoms with van der Waals surface area (Å²) in [5, 5.41) is 0.788. The average molecular weight is 239 g/mol. The third kappa shape index (κ3) is 2.25. The van der Waals surface area contributed by atoms with E-state index in [1.807, 2.05) is 19.9 Å². The van der Waals surface area contributed by atoms with Gasteiger partial charge in [-0.3, -0.25) is 4.98 Å². The molecule has 1 aromatic heterocycles. The Bertz CT molecular complexity index is 544. The number of hydrogen-bond acceptors (Lipinski definition) is 1. The molecular formula is C13H12F3N. The van der Waals surface area contributed by atoms with Crippen molar-refractivity contribution in [2.75, 3.05) is 0 Å².